The topological polar surface area (TPSA) is 44.1 Å². The van der Waals surface area contributed by atoms with Crippen LogP contribution in [0.2, 0.25) is 0 Å². The predicted molar refractivity (Wildman–Crippen MR) is 48.3 cm³/mol. The van der Waals surface area contributed by atoms with E-state index in [9.17, 15) is 5.11 Å². The summed E-state index contributed by atoms with van der Waals surface area (Å²) in [6.45, 7) is 6.50. The first-order chi connectivity index (χ1) is 5.41. The SMILES string of the molecule is CC1(C)[C@@H]2CC[C@@]1(C)[C@H](O)C2=N. The van der Waals surface area contributed by atoms with Crippen LogP contribution in [-0.4, -0.2) is 16.9 Å². The maximum absolute atomic E-state index is 9.86. The summed E-state index contributed by atoms with van der Waals surface area (Å²) in [6.07, 6.45) is 1.69. The lowest BCUT2D eigenvalue weighted by Gasteiger charge is -2.35. The van der Waals surface area contributed by atoms with Gasteiger partial charge in [-0.1, -0.05) is 20.8 Å². The Hall–Kier alpha value is -0.370. The van der Waals surface area contributed by atoms with Gasteiger partial charge in [0.15, 0.2) is 0 Å². The fourth-order valence-corrected chi connectivity index (χ4v) is 3.09. The Morgan fingerprint density at radius 1 is 1.42 bits per heavy atom. The number of aliphatic hydroxyl groups excluding tert-OH is 1. The van der Waals surface area contributed by atoms with Gasteiger partial charge in [-0.2, -0.15) is 0 Å². The van der Waals surface area contributed by atoms with Crippen molar-refractivity contribution in [3.63, 3.8) is 0 Å². The molecule has 68 valence electrons. The third kappa shape index (κ3) is 0.598. The van der Waals surface area contributed by atoms with Crippen LogP contribution in [0.3, 0.4) is 0 Å². The van der Waals surface area contributed by atoms with Crippen LogP contribution in [0.1, 0.15) is 33.6 Å². The van der Waals surface area contributed by atoms with Crippen molar-refractivity contribution in [2.75, 3.05) is 0 Å². The van der Waals surface area contributed by atoms with E-state index >= 15 is 0 Å². The molecule has 0 radical (unpaired) electrons. The summed E-state index contributed by atoms with van der Waals surface area (Å²) in [5, 5.41) is 17.6. The zero-order chi connectivity index (χ0) is 9.15. The molecular weight excluding hydrogens is 150 g/mol. The van der Waals surface area contributed by atoms with E-state index in [2.05, 4.69) is 20.8 Å². The molecule has 3 atom stereocenters. The van der Waals surface area contributed by atoms with Crippen molar-refractivity contribution in [3.05, 3.63) is 0 Å². The molecule has 2 nitrogen and oxygen atoms in total. The molecule has 0 aromatic heterocycles. The van der Waals surface area contributed by atoms with Gasteiger partial charge in [0, 0.05) is 17.0 Å². The maximum Gasteiger partial charge on any atom is 0.0975 e. The molecule has 0 aromatic rings. The summed E-state index contributed by atoms with van der Waals surface area (Å²) in [7, 11) is 0. The second kappa shape index (κ2) is 1.92. The normalized spacial score (nSPS) is 50.2. The van der Waals surface area contributed by atoms with Crippen LogP contribution in [0.4, 0.5) is 0 Å². The summed E-state index contributed by atoms with van der Waals surface area (Å²) in [6, 6.07) is 0. The fourth-order valence-electron chi connectivity index (χ4n) is 3.09. The second-order valence-corrected chi connectivity index (χ2v) is 5.09. The van der Waals surface area contributed by atoms with Crippen molar-refractivity contribution in [1.82, 2.24) is 0 Å². The van der Waals surface area contributed by atoms with E-state index in [1.54, 1.807) is 0 Å². The summed E-state index contributed by atoms with van der Waals surface area (Å²) >= 11 is 0. The average molecular weight is 167 g/mol. The lowest BCUT2D eigenvalue weighted by atomic mass is 9.70. The molecule has 0 amide bonds. The standard InChI is InChI=1S/C10H17NO/c1-9(2)6-4-5-10(9,3)8(12)7(6)11/h6,8,11-12H,4-5H2,1-3H3/t6-,8-,10+/m1/s1. The first-order valence-electron chi connectivity index (χ1n) is 4.67. The van der Waals surface area contributed by atoms with Gasteiger partial charge in [0.1, 0.15) is 0 Å². The molecule has 0 unspecified atom stereocenters. The van der Waals surface area contributed by atoms with Gasteiger partial charge in [0.05, 0.1) is 6.10 Å². The highest BCUT2D eigenvalue weighted by Gasteiger charge is 2.64. The van der Waals surface area contributed by atoms with Crippen LogP contribution < -0.4 is 0 Å². The smallest absolute Gasteiger partial charge is 0.0975 e. The van der Waals surface area contributed by atoms with E-state index in [0.29, 0.717) is 11.6 Å². The monoisotopic (exact) mass is 167 g/mol. The lowest BCUT2D eigenvalue weighted by Crippen LogP contribution is -2.37. The first-order valence-corrected chi connectivity index (χ1v) is 4.67. The number of nitrogens with one attached hydrogen (secondary N) is 1. The van der Waals surface area contributed by atoms with Crippen LogP contribution in [-0.2, 0) is 0 Å². The molecule has 2 N–H and O–H groups in total. The Labute approximate surface area is 73.5 Å². The highest BCUT2D eigenvalue weighted by atomic mass is 16.3. The largest absolute Gasteiger partial charge is 0.387 e. The Morgan fingerprint density at radius 3 is 2.25 bits per heavy atom. The van der Waals surface area contributed by atoms with Crippen molar-refractivity contribution < 1.29 is 5.11 Å². The molecule has 2 saturated carbocycles. The number of hydrogen-bond acceptors (Lipinski definition) is 2. The summed E-state index contributed by atoms with van der Waals surface area (Å²) in [4.78, 5) is 0. The molecule has 2 fully saturated rings. The molecule has 0 aromatic carbocycles. The second-order valence-electron chi connectivity index (χ2n) is 5.09. The molecule has 0 aliphatic heterocycles. The van der Waals surface area contributed by atoms with E-state index < -0.39 is 6.10 Å². The summed E-state index contributed by atoms with van der Waals surface area (Å²) in [5.41, 5.74) is 0.673. The molecule has 12 heavy (non-hydrogen) atoms. The quantitative estimate of drug-likeness (QED) is 0.568. The van der Waals surface area contributed by atoms with Crippen molar-refractivity contribution >= 4 is 5.71 Å². The van der Waals surface area contributed by atoms with E-state index in [1.807, 2.05) is 0 Å². The number of rotatable bonds is 0. The molecule has 0 heterocycles. The summed E-state index contributed by atoms with van der Waals surface area (Å²) < 4.78 is 0. The van der Waals surface area contributed by atoms with Gasteiger partial charge in [-0.05, 0) is 18.3 Å². The van der Waals surface area contributed by atoms with Crippen LogP contribution in [0.25, 0.3) is 0 Å². The molecule has 2 aliphatic carbocycles. The molecular formula is C10H17NO. The number of aliphatic hydroxyl groups is 1. The van der Waals surface area contributed by atoms with Crippen molar-refractivity contribution in [2.45, 2.75) is 39.7 Å². The van der Waals surface area contributed by atoms with Crippen LogP contribution >= 0.6 is 0 Å². The zero-order valence-corrected chi connectivity index (χ0v) is 8.02. The van der Waals surface area contributed by atoms with Crippen molar-refractivity contribution in [3.8, 4) is 0 Å². The van der Waals surface area contributed by atoms with E-state index in [-0.39, 0.29) is 10.8 Å². The third-order valence-corrected chi connectivity index (χ3v) is 4.57. The van der Waals surface area contributed by atoms with E-state index in [0.717, 1.165) is 12.8 Å². The molecule has 0 spiro atoms. The highest BCUT2D eigenvalue weighted by Crippen LogP contribution is 2.63. The van der Waals surface area contributed by atoms with Gasteiger partial charge in [0.2, 0.25) is 0 Å². The first kappa shape index (κ1) is 8.24. The van der Waals surface area contributed by atoms with Gasteiger partial charge in [-0.3, -0.25) is 0 Å². The van der Waals surface area contributed by atoms with Crippen LogP contribution in [0.15, 0.2) is 0 Å². The molecule has 2 bridgehead atoms. The van der Waals surface area contributed by atoms with E-state index in [1.165, 1.54) is 0 Å². The minimum absolute atomic E-state index is 0.0330. The van der Waals surface area contributed by atoms with Gasteiger partial charge in [-0.25, -0.2) is 0 Å². The fraction of sp³-hybridized carbons (Fsp3) is 0.900. The maximum atomic E-state index is 9.86. The van der Waals surface area contributed by atoms with Gasteiger partial charge in [-0.15, -0.1) is 0 Å². The van der Waals surface area contributed by atoms with Gasteiger partial charge in [0.25, 0.3) is 0 Å². The Kier molecular flexibility index (Phi) is 1.32. The van der Waals surface area contributed by atoms with Gasteiger partial charge >= 0.3 is 0 Å². The summed E-state index contributed by atoms with van der Waals surface area (Å²) in [5.74, 6) is 0.331. The molecule has 2 heteroatoms. The van der Waals surface area contributed by atoms with E-state index in [4.69, 9.17) is 5.41 Å². The zero-order valence-electron chi connectivity index (χ0n) is 8.02. The molecule has 2 rings (SSSR count). The van der Waals surface area contributed by atoms with Gasteiger partial charge < -0.3 is 10.5 Å². The predicted octanol–water partition coefficient (Wildman–Crippen LogP) is 1.82. The van der Waals surface area contributed by atoms with Crippen molar-refractivity contribution in [1.29, 1.82) is 5.41 Å². The van der Waals surface area contributed by atoms with Crippen LogP contribution in [0, 0.1) is 22.2 Å². The third-order valence-electron chi connectivity index (χ3n) is 4.57. The number of hydrogen-bond donors (Lipinski definition) is 2. The molecule has 0 saturated heterocycles. The highest BCUT2D eigenvalue weighted by molar-refractivity contribution is 5.93. The number of fused-ring (bicyclic) bond motifs is 2. The Balaban J connectivity index is 2.50. The Morgan fingerprint density at radius 2 is 2.00 bits per heavy atom. The van der Waals surface area contributed by atoms with Crippen LogP contribution in [0.5, 0.6) is 0 Å². The average Bonchev–Trinajstić information content (AvgIpc) is 2.26. The minimum atomic E-state index is -0.480. The van der Waals surface area contributed by atoms with Crippen molar-refractivity contribution in [2.24, 2.45) is 16.7 Å². The minimum Gasteiger partial charge on any atom is -0.387 e. The molecule has 2 aliphatic rings. The Bertz CT molecular complexity index is 246. The lowest BCUT2D eigenvalue weighted by molar-refractivity contribution is 0.0337.